The predicted molar refractivity (Wildman–Crippen MR) is 57.9 cm³/mol. The molecule has 0 aromatic carbocycles. The van der Waals surface area contributed by atoms with E-state index in [9.17, 15) is 4.79 Å². The average molecular weight is 204 g/mol. The van der Waals surface area contributed by atoms with Crippen LogP contribution in [0.4, 0.5) is 0 Å². The first-order valence-electron chi connectivity index (χ1n) is 4.79. The summed E-state index contributed by atoms with van der Waals surface area (Å²) in [7, 11) is 0. The highest BCUT2D eigenvalue weighted by molar-refractivity contribution is 5.42. The van der Waals surface area contributed by atoms with Crippen molar-refractivity contribution in [1.29, 1.82) is 0 Å². The van der Waals surface area contributed by atoms with E-state index in [0.29, 0.717) is 5.65 Å². The molecule has 15 heavy (non-hydrogen) atoms. The van der Waals surface area contributed by atoms with Crippen LogP contribution < -0.4 is 10.6 Å². The van der Waals surface area contributed by atoms with Crippen molar-refractivity contribution in [2.75, 3.05) is 0 Å². The van der Waals surface area contributed by atoms with E-state index in [-0.39, 0.29) is 16.6 Å². The number of aromatic nitrogens is 2. The summed E-state index contributed by atoms with van der Waals surface area (Å²) in [5.74, 6) is 0.265. The number of pyridine rings is 1. The SMILES string of the molecule is CC(C)c1c/c(=C/O)c(=O)c2nccn12. The summed E-state index contributed by atoms with van der Waals surface area (Å²) in [6, 6.07) is 1.70. The first-order valence-corrected chi connectivity index (χ1v) is 4.79. The Morgan fingerprint density at radius 3 is 2.87 bits per heavy atom. The van der Waals surface area contributed by atoms with Crippen molar-refractivity contribution in [3.63, 3.8) is 0 Å². The lowest BCUT2D eigenvalue weighted by molar-refractivity contribution is 0.539. The van der Waals surface area contributed by atoms with Gasteiger partial charge in [-0.05, 0) is 12.0 Å². The zero-order chi connectivity index (χ0) is 11.0. The van der Waals surface area contributed by atoms with Crippen molar-refractivity contribution in [2.24, 2.45) is 0 Å². The highest BCUT2D eigenvalue weighted by atomic mass is 16.2. The van der Waals surface area contributed by atoms with Gasteiger partial charge in [0.15, 0.2) is 5.65 Å². The van der Waals surface area contributed by atoms with Crippen molar-refractivity contribution in [1.82, 2.24) is 9.38 Å². The first kappa shape index (κ1) is 9.71. The van der Waals surface area contributed by atoms with Gasteiger partial charge in [0.1, 0.15) is 0 Å². The molecule has 0 spiro atoms. The largest absolute Gasteiger partial charge is 0.515 e. The van der Waals surface area contributed by atoms with Gasteiger partial charge in [0.2, 0.25) is 5.43 Å². The molecule has 0 unspecified atom stereocenters. The van der Waals surface area contributed by atoms with E-state index in [1.54, 1.807) is 22.9 Å². The molecule has 2 aromatic heterocycles. The van der Waals surface area contributed by atoms with Crippen molar-refractivity contribution in [3.05, 3.63) is 39.6 Å². The minimum Gasteiger partial charge on any atom is -0.515 e. The lowest BCUT2D eigenvalue weighted by Gasteiger charge is -2.07. The van der Waals surface area contributed by atoms with Gasteiger partial charge in [-0.25, -0.2) is 4.98 Å². The summed E-state index contributed by atoms with van der Waals surface area (Å²) in [5, 5.41) is 9.25. The molecule has 0 radical (unpaired) electrons. The Morgan fingerprint density at radius 1 is 1.53 bits per heavy atom. The Morgan fingerprint density at radius 2 is 2.27 bits per heavy atom. The van der Waals surface area contributed by atoms with Crippen LogP contribution >= 0.6 is 0 Å². The van der Waals surface area contributed by atoms with E-state index in [4.69, 9.17) is 5.11 Å². The normalized spacial score (nSPS) is 12.9. The van der Waals surface area contributed by atoms with Crippen LogP contribution in [0, 0.1) is 0 Å². The monoisotopic (exact) mass is 204 g/mol. The fraction of sp³-hybridized carbons (Fsp3) is 0.273. The molecule has 2 aromatic rings. The van der Waals surface area contributed by atoms with Gasteiger partial charge in [-0.1, -0.05) is 13.8 Å². The molecule has 2 rings (SSSR count). The van der Waals surface area contributed by atoms with Crippen molar-refractivity contribution < 1.29 is 5.11 Å². The predicted octanol–water partition coefficient (Wildman–Crippen LogP) is 0.833. The van der Waals surface area contributed by atoms with Crippen molar-refractivity contribution >= 4 is 11.9 Å². The molecule has 4 heteroatoms. The molecule has 2 heterocycles. The van der Waals surface area contributed by atoms with Crippen LogP contribution in [0.15, 0.2) is 23.3 Å². The van der Waals surface area contributed by atoms with Gasteiger partial charge in [0.05, 0.1) is 11.5 Å². The molecule has 0 saturated carbocycles. The average Bonchev–Trinajstić information content (AvgIpc) is 2.67. The maximum Gasteiger partial charge on any atom is 0.231 e. The molecule has 0 amide bonds. The molecule has 0 bridgehead atoms. The van der Waals surface area contributed by atoms with E-state index in [2.05, 4.69) is 4.98 Å². The summed E-state index contributed by atoms with van der Waals surface area (Å²) < 4.78 is 1.76. The first-order chi connectivity index (χ1) is 7.15. The smallest absolute Gasteiger partial charge is 0.231 e. The molecule has 0 saturated heterocycles. The number of hydrogen-bond donors (Lipinski definition) is 1. The van der Waals surface area contributed by atoms with Gasteiger partial charge in [0.25, 0.3) is 0 Å². The number of aliphatic hydroxyl groups is 1. The molecule has 0 aliphatic carbocycles. The number of nitrogens with zero attached hydrogens (tertiary/aromatic N) is 2. The lowest BCUT2D eigenvalue weighted by Crippen LogP contribution is -2.28. The number of hydrogen-bond acceptors (Lipinski definition) is 3. The molecule has 78 valence electrons. The lowest BCUT2D eigenvalue weighted by atomic mass is 10.1. The Hall–Kier alpha value is -1.84. The second-order valence-electron chi connectivity index (χ2n) is 3.76. The Labute approximate surface area is 86.5 Å². The fourth-order valence-corrected chi connectivity index (χ4v) is 1.64. The zero-order valence-electron chi connectivity index (χ0n) is 8.64. The van der Waals surface area contributed by atoms with Gasteiger partial charge < -0.3 is 9.51 Å². The molecule has 0 aliphatic heterocycles. The summed E-state index contributed by atoms with van der Waals surface area (Å²) in [6.07, 6.45) is 4.18. The maximum atomic E-state index is 11.7. The molecule has 0 aliphatic rings. The topological polar surface area (TPSA) is 54.6 Å². The minimum atomic E-state index is -0.244. The zero-order valence-corrected chi connectivity index (χ0v) is 8.64. The highest BCUT2D eigenvalue weighted by Crippen LogP contribution is 2.11. The van der Waals surface area contributed by atoms with Gasteiger partial charge in [-0.2, -0.15) is 0 Å². The third-order valence-electron chi connectivity index (χ3n) is 2.42. The third-order valence-corrected chi connectivity index (χ3v) is 2.42. The van der Waals surface area contributed by atoms with Gasteiger partial charge >= 0.3 is 0 Å². The van der Waals surface area contributed by atoms with Crippen LogP contribution in [-0.4, -0.2) is 14.5 Å². The Kier molecular flexibility index (Phi) is 2.19. The highest BCUT2D eigenvalue weighted by Gasteiger charge is 2.09. The van der Waals surface area contributed by atoms with Gasteiger partial charge in [-0.3, -0.25) is 4.79 Å². The van der Waals surface area contributed by atoms with Crippen LogP contribution in [-0.2, 0) is 0 Å². The van der Waals surface area contributed by atoms with E-state index >= 15 is 0 Å². The van der Waals surface area contributed by atoms with Crippen molar-refractivity contribution in [3.8, 4) is 0 Å². The van der Waals surface area contributed by atoms with E-state index in [0.717, 1.165) is 12.0 Å². The van der Waals surface area contributed by atoms with Crippen molar-refractivity contribution in [2.45, 2.75) is 19.8 Å². The number of aliphatic hydroxyl groups excluding tert-OH is 1. The Balaban J connectivity index is 3.00. The quantitative estimate of drug-likeness (QED) is 0.748. The standard InChI is InChI=1S/C11H12N2O2/c1-7(2)9-5-8(6-14)10(15)11-12-3-4-13(9)11/h3-7,14H,1-2H3/b8-6-. The minimum absolute atomic E-state index is 0.244. The molecule has 0 atom stereocenters. The van der Waals surface area contributed by atoms with E-state index in [1.165, 1.54) is 0 Å². The van der Waals surface area contributed by atoms with Crippen LogP contribution in [0.1, 0.15) is 25.5 Å². The third kappa shape index (κ3) is 1.38. The van der Waals surface area contributed by atoms with E-state index < -0.39 is 0 Å². The van der Waals surface area contributed by atoms with E-state index in [1.807, 2.05) is 13.8 Å². The summed E-state index contributed by atoms with van der Waals surface area (Å²) in [6.45, 7) is 4.06. The molecular weight excluding hydrogens is 192 g/mol. The molecule has 1 N–H and O–H groups in total. The summed E-state index contributed by atoms with van der Waals surface area (Å²) in [4.78, 5) is 15.7. The summed E-state index contributed by atoms with van der Waals surface area (Å²) >= 11 is 0. The second kappa shape index (κ2) is 3.38. The fourth-order valence-electron chi connectivity index (χ4n) is 1.64. The number of fused-ring (bicyclic) bond motifs is 1. The molecule has 4 nitrogen and oxygen atoms in total. The van der Waals surface area contributed by atoms with Crippen LogP contribution in [0.2, 0.25) is 0 Å². The molecule has 0 fully saturated rings. The second-order valence-corrected chi connectivity index (χ2v) is 3.76. The Bertz CT molecular complexity index is 599. The van der Waals surface area contributed by atoms with Gasteiger partial charge in [0, 0.05) is 18.1 Å². The van der Waals surface area contributed by atoms with Gasteiger partial charge in [-0.15, -0.1) is 0 Å². The van der Waals surface area contributed by atoms with Crippen LogP contribution in [0.25, 0.3) is 11.9 Å². The maximum absolute atomic E-state index is 11.7. The van der Waals surface area contributed by atoms with Crippen LogP contribution in [0.3, 0.4) is 0 Å². The molecular formula is C11H12N2O2. The number of imidazole rings is 1. The van der Waals surface area contributed by atoms with Crippen LogP contribution in [0.5, 0.6) is 0 Å². The summed E-state index contributed by atoms with van der Waals surface area (Å²) in [5.41, 5.74) is 1.08. The number of rotatable bonds is 1.